The summed E-state index contributed by atoms with van der Waals surface area (Å²) in [7, 11) is 0. The van der Waals surface area contributed by atoms with Gasteiger partial charge in [0.2, 0.25) is 6.41 Å². The first-order chi connectivity index (χ1) is 21.5. The van der Waals surface area contributed by atoms with Crippen LogP contribution >= 0.6 is 11.3 Å². The lowest BCUT2D eigenvalue weighted by molar-refractivity contribution is -0.274. The average Bonchev–Trinajstić information content (AvgIpc) is 3.44. The number of benzene rings is 3. The van der Waals surface area contributed by atoms with E-state index < -0.39 is 12.3 Å². The molecule has 0 saturated carbocycles. The zero-order valence-corrected chi connectivity index (χ0v) is 25.6. The van der Waals surface area contributed by atoms with E-state index in [4.69, 9.17) is 5.11 Å². The number of hydrogen-bond donors (Lipinski definition) is 3. The van der Waals surface area contributed by atoms with Crippen molar-refractivity contribution in [2.45, 2.75) is 51.8 Å². The molecule has 45 heavy (non-hydrogen) atoms. The molecule has 4 rings (SSSR count). The number of aryl methyl sites for hydroxylation is 1. The standard InChI is InChI=1S/C22H24F3NO4.C11H10N2OS/c1-2-3-18(14-15-4-10-19(11-5-15)30-22(23,24)25)16-6-8-17(9-7-16)21(29)26-13-12-20(27)28;1-8-12-6-11(15-8)9-2-4-10(5-3-9)13-7-14/h4-11,18H,2-3,12-14H2,1H3,(H,26,29)(H,27,28);2-7H,1H3,(H,13,14)/t18-;/m1./s1. The largest absolute Gasteiger partial charge is 0.573 e. The Morgan fingerprint density at radius 1 is 1.02 bits per heavy atom. The second kappa shape index (κ2) is 17.0. The number of aromatic nitrogens is 1. The number of nitrogens with one attached hydrogen (secondary N) is 2. The van der Waals surface area contributed by atoms with Crippen molar-refractivity contribution in [2.24, 2.45) is 0 Å². The van der Waals surface area contributed by atoms with Gasteiger partial charge in [-0.05, 0) is 78.8 Å². The zero-order chi connectivity index (χ0) is 32.8. The number of carboxylic acid groups (broad SMARTS) is 1. The molecule has 0 bridgehead atoms. The highest BCUT2D eigenvalue weighted by Crippen LogP contribution is 2.29. The highest BCUT2D eigenvalue weighted by molar-refractivity contribution is 7.15. The third kappa shape index (κ3) is 12.1. The Kier molecular flexibility index (Phi) is 13.1. The van der Waals surface area contributed by atoms with Crippen LogP contribution in [0.4, 0.5) is 18.9 Å². The Bertz CT molecular complexity index is 1520. The molecule has 0 spiro atoms. The Balaban J connectivity index is 0.000000305. The van der Waals surface area contributed by atoms with E-state index in [1.165, 1.54) is 12.1 Å². The Labute approximate surface area is 263 Å². The molecule has 0 aliphatic rings. The number of thiazole rings is 1. The molecule has 1 aromatic heterocycles. The number of carbonyl (C=O) groups excluding carboxylic acids is 2. The molecule has 1 heterocycles. The second-order valence-corrected chi connectivity index (χ2v) is 11.2. The highest BCUT2D eigenvalue weighted by atomic mass is 32.1. The van der Waals surface area contributed by atoms with E-state index in [9.17, 15) is 27.6 Å². The molecular formula is C33H34F3N3O5S. The summed E-state index contributed by atoms with van der Waals surface area (Å²) in [6.07, 6.45) is 0.129. The van der Waals surface area contributed by atoms with Gasteiger partial charge in [0.25, 0.3) is 5.91 Å². The van der Waals surface area contributed by atoms with Crippen molar-refractivity contribution in [3.05, 3.63) is 101 Å². The molecule has 3 N–H and O–H groups in total. The molecule has 12 heteroatoms. The van der Waals surface area contributed by atoms with Gasteiger partial charge in [-0.3, -0.25) is 14.4 Å². The molecule has 8 nitrogen and oxygen atoms in total. The second-order valence-electron chi connectivity index (χ2n) is 9.99. The minimum Gasteiger partial charge on any atom is -0.481 e. The quantitative estimate of drug-likeness (QED) is 0.129. The molecule has 4 aromatic rings. The van der Waals surface area contributed by atoms with Crippen LogP contribution in [0.1, 0.15) is 58.6 Å². The zero-order valence-electron chi connectivity index (χ0n) is 24.8. The molecule has 0 radical (unpaired) electrons. The van der Waals surface area contributed by atoms with Gasteiger partial charge < -0.3 is 20.5 Å². The number of anilines is 1. The summed E-state index contributed by atoms with van der Waals surface area (Å²) in [5.41, 5.74) is 4.27. The van der Waals surface area contributed by atoms with E-state index in [0.29, 0.717) is 18.4 Å². The van der Waals surface area contributed by atoms with Crippen molar-refractivity contribution in [1.29, 1.82) is 0 Å². The predicted molar refractivity (Wildman–Crippen MR) is 167 cm³/mol. The summed E-state index contributed by atoms with van der Waals surface area (Å²) in [4.78, 5) is 38.1. The van der Waals surface area contributed by atoms with Gasteiger partial charge in [-0.2, -0.15) is 0 Å². The first kappa shape index (κ1) is 34.8. The van der Waals surface area contributed by atoms with E-state index in [2.05, 4.69) is 27.3 Å². The van der Waals surface area contributed by atoms with Crippen LogP contribution in [0.5, 0.6) is 5.75 Å². The number of aliphatic carboxylic acids is 1. The van der Waals surface area contributed by atoms with Crippen molar-refractivity contribution in [2.75, 3.05) is 11.9 Å². The fourth-order valence-corrected chi connectivity index (χ4v) is 5.22. The summed E-state index contributed by atoms with van der Waals surface area (Å²) in [5.74, 6) is -1.42. The van der Waals surface area contributed by atoms with Crippen LogP contribution in [0.25, 0.3) is 10.4 Å². The van der Waals surface area contributed by atoms with Gasteiger partial charge in [0.1, 0.15) is 5.75 Å². The van der Waals surface area contributed by atoms with Crippen LogP contribution in [0.3, 0.4) is 0 Å². The summed E-state index contributed by atoms with van der Waals surface area (Å²) in [6.45, 7) is 4.09. The molecule has 0 aliphatic heterocycles. The van der Waals surface area contributed by atoms with Crippen LogP contribution in [-0.4, -0.2) is 41.3 Å². The maximum Gasteiger partial charge on any atom is 0.573 e. The Morgan fingerprint density at radius 3 is 2.22 bits per heavy atom. The predicted octanol–water partition coefficient (Wildman–Crippen LogP) is 7.60. The third-order valence-corrected chi connectivity index (χ3v) is 7.52. The molecule has 2 amide bonds. The van der Waals surface area contributed by atoms with Crippen LogP contribution in [0, 0.1) is 6.92 Å². The average molecular weight is 642 g/mol. The van der Waals surface area contributed by atoms with E-state index >= 15 is 0 Å². The van der Waals surface area contributed by atoms with Crippen molar-refractivity contribution in [3.8, 4) is 16.2 Å². The van der Waals surface area contributed by atoms with Crippen molar-refractivity contribution in [1.82, 2.24) is 10.3 Å². The Morgan fingerprint density at radius 2 is 1.69 bits per heavy atom. The van der Waals surface area contributed by atoms with E-state index in [1.807, 2.05) is 49.5 Å². The lowest BCUT2D eigenvalue weighted by Gasteiger charge is -2.18. The molecule has 0 aliphatic carbocycles. The SMILES string of the molecule is CCC[C@H](Cc1ccc(OC(F)(F)F)cc1)c1ccc(C(=O)NCCC(=O)O)cc1.Cc1ncc(-c2ccc(NC=O)cc2)s1. The number of carbonyl (C=O) groups is 3. The number of amides is 2. The lowest BCUT2D eigenvalue weighted by atomic mass is 9.88. The van der Waals surface area contributed by atoms with Gasteiger partial charge in [0.15, 0.2) is 0 Å². The first-order valence-electron chi connectivity index (χ1n) is 14.1. The van der Waals surface area contributed by atoms with E-state index in [1.54, 1.807) is 35.6 Å². The number of hydrogen-bond acceptors (Lipinski definition) is 6. The van der Waals surface area contributed by atoms with Crippen molar-refractivity contribution < 1.29 is 37.4 Å². The van der Waals surface area contributed by atoms with Gasteiger partial charge in [0, 0.05) is 24.0 Å². The van der Waals surface area contributed by atoms with Gasteiger partial charge in [0.05, 0.1) is 16.3 Å². The minimum atomic E-state index is -4.71. The summed E-state index contributed by atoms with van der Waals surface area (Å²) < 4.78 is 40.8. The Hall–Kier alpha value is -4.71. The first-order valence-corrected chi connectivity index (χ1v) is 15.0. The maximum absolute atomic E-state index is 12.3. The lowest BCUT2D eigenvalue weighted by Crippen LogP contribution is -2.25. The van der Waals surface area contributed by atoms with Gasteiger partial charge in [-0.1, -0.05) is 49.7 Å². The van der Waals surface area contributed by atoms with Crippen molar-refractivity contribution >= 4 is 35.3 Å². The summed E-state index contributed by atoms with van der Waals surface area (Å²) >= 11 is 1.66. The van der Waals surface area contributed by atoms with Crippen molar-refractivity contribution in [3.63, 3.8) is 0 Å². The summed E-state index contributed by atoms with van der Waals surface area (Å²) in [5, 5.41) is 14.8. The molecular weight excluding hydrogens is 607 g/mol. The van der Waals surface area contributed by atoms with Gasteiger partial charge in [-0.15, -0.1) is 24.5 Å². The molecule has 1 atom stereocenters. The monoisotopic (exact) mass is 641 g/mol. The van der Waals surface area contributed by atoms with Gasteiger partial charge in [-0.25, -0.2) is 4.98 Å². The van der Waals surface area contributed by atoms with Crippen LogP contribution in [0.15, 0.2) is 79.0 Å². The van der Waals surface area contributed by atoms with Crippen LogP contribution in [-0.2, 0) is 16.0 Å². The number of rotatable bonds is 13. The topological polar surface area (TPSA) is 118 Å². The number of halogens is 3. The fraction of sp³-hybridized carbons (Fsp3) is 0.273. The molecule has 3 aromatic carbocycles. The normalized spacial score (nSPS) is 11.5. The molecule has 0 fully saturated rings. The van der Waals surface area contributed by atoms with E-state index in [-0.39, 0.29) is 30.5 Å². The minimum absolute atomic E-state index is 0.0580. The molecule has 0 unspecified atom stereocenters. The summed E-state index contributed by atoms with van der Waals surface area (Å²) in [6, 6.07) is 20.6. The highest BCUT2D eigenvalue weighted by Gasteiger charge is 2.31. The number of ether oxygens (including phenoxy) is 1. The molecule has 238 valence electrons. The van der Waals surface area contributed by atoms with Gasteiger partial charge >= 0.3 is 12.3 Å². The number of nitrogens with zero attached hydrogens (tertiary/aromatic N) is 1. The maximum atomic E-state index is 12.3. The van der Waals surface area contributed by atoms with Crippen LogP contribution in [0.2, 0.25) is 0 Å². The molecule has 0 saturated heterocycles. The number of alkyl halides is 3. The fourth-order valence-electron chi connectivity index (χ4n) is 4.43. The van der Waals surface area contributed by atoms with Crippen LogP contribution < -0.4 is 15.4 Å². The third-order valence-electron chi connectivity index (χ3n) is 6.56. The smallest absolute Gasteiger partial charge is 0.481 e. The van der Waals surface area contributed by atoms with E-state index in [0.717, 1.165) is 45.1 Å². The number of carboxylic acids is 1.